The van der Waals surface area contributed by atoms with Crippen LogP contribution < -0.4 is 5.43 Å². The Labute approximate surface area is 264 Å². The first-order chi connectivity index (χ1) is 21.6. The predicted octanol–water partition coefficient (Wildman–Crippen LogP) is 2.95. The van der Waals surface area contributed by atoms with Gasteiger partial charge < -0.3 is 44.9 Å². The summed E-state index contributed by atoms with van der Waals surface area (Å²) in [6, 6.07) is 9.74. The van der Waals surface area contributed by atoms with Crippen molar-refractivity contribution in [2.45, 2.75) is 63.6 Å². The average Bonchev–Trinajstić information content (AvgIpc) is 3.09. The lowest BCUT2D eigenvalue weighted by atomic mass is 9.35. The van der Waals surface area contributed by atoms with E-state index in [4.69, 9.17) is 9.15 Å². The molecule has 3 heterocycles. The normalized spacial score (nSPS) is 38.6. The van der Waals surface area contributed by atoms with Crippen molar-refractivity contribution in [3.8, 4) is 28.6 Å². The molecule has 4 bridgehead atoms. The zero-order chi connectivity index (χ0) is 33.1. The smallest absolute Gasteiger partial charge is 0.208 e. The third-order valence-electron chi connectivity index (χ3n) is 11.8. The summed E-state index contributed by atoms with van der Waals surface area (Å²) in [5, 5.41) is 73.5. The van der Waals surface area contributed by atoms with Gasteiger partial charge in [-0.25, -0.2) is 0 Å². The van der Waals surface area contributed by atoms with E-state index in [-0.39, 0.29) is 46.0 Å². The van der Waals surface area contributed by atoms with Crippen LogP contribution in [0.5, 0.6) is 17.2 Å². The fourth-order valence-corrected chi connectivity index (χ4v) is 9.92. The monoisotopic (exact) mass is 634 g/mol. The number of ketones is 1. The molecule has 6 fully saturated rings. The summed E-state index contributed by atoms with van der Waals surface area (Å²) < 4.78 is 11.3. The highest BCUT2D eigenvalue weighted by molar-refractivity contribution is 6.05. The van der Waals surface area contributed by atoms with Gasteiger partial charge in [-0.15, -0.1) is 0 Å². The number of aliphatic hydroxyl groups is 4. The molecule has 7 N–H and O–H groups in total. The van der Waals surface area contributed by atoms with E-state index in [1.165, 1.54) is 24.3 Å². The van der Waals surface area contributed by atoms with Crippen molar-refractivity contribution in [2.24, 2.45) is 34.0 Å². The van der Waals surface area contributed by atoms with Crippen LogP contribution in [0.25, 0.3) is 22.3 Å². The Balaban J connectivity index is 0.000000152. The molecular formula is C35H38O11. The van der Waals surface area contributed by atoms with Crippen molar-refractivity contribution in [3.63, 3.8) is 0 Å². The molecular weight excluding hydrogens is 596 g/mol. The van der Waals surface area contributed by atoms with Crippen molar-refractivity contribution >= 4 is 16.8 Å². The molecule has 2 aromatic carbocycles. The number of aromatic hydroxyl groups is 3. The number of aliphatic hydroxyl groups excluding tert-OH is 3. The van der Waals surface area contributed by atoms with Gasteiger partial charge in [0.2, 0.25) is 5.79 Å². The Morgan fingerprint density at radius 1 is 0.891 bits per heavy atom. The number of fused-ring (bicyclic) bond motifs is 3. The Morgan fingerprint density at radius 3 is 2.28 bits per heavy atom. The number of Topliss-reactive ketones (excluding diaryl/α,β-unsaturated/α-hetero) is 1. The largest absolute Gasteiger partial charge is 0.508 e. The SMILES string of the molecule is C=C1C(=O)[C@]23[C@H](O)[C@H]1CC[C@H]2[C@@]12CO[C@]3(O)[C@@H](O)[C@@H]1C(C)(C)CC[C@@H]2O.O=c1cc(-c2ccc(O)cc2)oc2cc(O)cc(O)c12. The second-order valence-electron chi connectivity index (χ2n) is 14.3. The van der Waals surface area contributed by atoms with Gasteiger partial charge in [0.05, 0.1) is 18.8 Å². The topological polar surface area (TPSA) is 198 Å². The standard InChI is InChI=1S/C20H28O6.C15H10O5/c1-9-10-4-5-11-18-8-26-20(25,19(11,14(9)22)15(10)23)16(24)13(18)17(2,3)7-6-12(18)21;16-9-3-1-8(2-4-9)13-7-12(19)15-11(18)5-10(17)6-14(15)20-13/h10-13,15-16,21,23-25H,1,4-8H2,2-3H3;1-7,16-18H/t10-,11-,12-,13+,15+,16-,18+,19-,20+;/m0./s1. The third-order valence-corrected chi connectivity index (χ3v) is 11.8. The van der Waals surface area contributed by atoms with Gasteiger partial charge in [-0.2, -0.15) is 0 Å². The van der Waals surface area contributed by atoms with Crippen LogP contribution >= 0.6 is 0 Å². The Bertz CT molecular complexity index is 1830. The summed E-state index contributed by atoms with van der Waals surface area (Å²) in [5.74, 6) is -3.93. The molecule has 9 rings (SSSR count). The quantitative estimate of drug-likeness (QED) is 0.194. The molecule has 3 aromatic rings. The zero-order valence-corrected chi connectivity index (χ0v) is 25.5. The van der Waals surface area contributed by atoms with E-state index in [0.717, 1.165) is 12.5 Å². The highest BCUT2D eigenvalue weighted by Crippen LogP contribution is 2.76. The summed E-state index contributed by atoms with van der Waals surface area (Å²) in [6.45, 7) is 8.07. The van der Waals surface area contributed by atoms with E-state index in [9.17, 15) is 45.3 Å². The summed E-state index contributed by atoms with van der Waals surface area (Å²) in [7, 11) is 0. The average molecular weight is 635 g/mol. The van der Waals surface area contributed by atoms with Crippen LogP contribution in [-0.2, 0) is 9.53 Å². The minimum Gasteiger partial charge on any atom is -0.508 e. The Kier molecular flexibility index (Phi) is 6.64. The van der Waals surface area contributed by atoms with E-state index in [1.54, 1.807) is 12.1 Å². The number of phenolic OH excluding ortho intramolecular Hbond substituents is 3. The maximum Gasteiger partial charge on any atom is 0.208 e. The maximum atomic E-state index is 13.3. The van der Waals surface area contributed by atoms with Crippen LogP contribution in [0.15, 0.2) is 63.8 Å². The summed E-state index contributed by atoms with van der Waals surface area (Å²) >= 11 is 0. The fraction of sp³-hybridized carbons (Fsp3) is 0.486. The molecule has 11 nitrogen and oxygen atoms in total. The van der Waals surface area contributed by atoms with Gasteiger partial charge in [-0.1, -0.05) is 20.4 Å². The molecule has 11 heteroatoms. The van der Waals surface area contributed by atoms with E-state index < -0.39 is 63.9 Å². The van der Waals surface area contributed by atoms with E-state index in [2.05, 4.69) is 6.58 Å². The van der Waals surface area contributed by atoms with E-state index >= 15 is 0 Å². The summed E-state index contributed by atoms with van der Waals surface area (Å²) in [5.41, 5.74) is -2.20. The van der Waals surface area contributed by atoms with Crippen molar-refractivity contribution in [1.82, 2.24) is 0 Å². The number of phenols is 3. The maximum absolute atomic E-state index is 13.3. The lowest BCUT2D eigenvalue weighted by molar-refractivity contribution is -0.458. The molecule has 0 amide bonds. The molecule has 2 saturated heterocycles. The molecule has 1 aromatic heterocycles. The second-order valence-corrected chi connectivity index (χ2v) is 14.3. The number of benzene rings is 2. The minimum atomic E-state index is -2.15. The molecule has 4 saturated carbocycles. The van der Waals surface area contributed by atoms with Crippen molar-refractivity contribution in [2.75, 3.05) is 6.61 Å². The first-order valence-corrected chi connectivity index (χ1v) is 15.5. The number of hydrogen-bond acceptors (Lipinski definition) is 11. The molecule has 0 unspecified atom stereocenters. The van der Waals surface area contributed by atoms with E-state index in [1.807, 2.05) is 13.8 Å². The minimum absolute atomic E-state index is 0.0188. The molecule has 244 valence electrons. The Hall–Kier alpha value is -3.74. The van der Waals surface area contributed by atoms with Crippen LogP contribution in [0, 0.1) is 34.0 Å². The third kappa shape index (κ3) is 3.71. The zero-order valence-electron chi connectivity index (χ0n) is 25.5. The fourth-order valence-electron chi connectivity index (χ4n) is 9.92. The number of carbonyl (C=O) groups excluding carboxylic acids is 1. The second kappa shape index (κ2) is 9.88. The van der Waals surface area contributed by atoms with Crippen LogP contribution in [0.1, 0.15) is 39.5 Å². The molecule has 46 heavy (non-hydrogen) atoms. The van der Waals surface area contributed by atoms with Gasteiger partial charge in [-0.3, -0.25) is 9.59 Å². The highest BCUT2D eigenvalue weighted by atomic mass is 16.6. The first kappa shape index (κ1) is 30.9. The lowest BCUT2D eigenvalue weighted by Gasteiger charge is -2.74. The number of ether oxygens (including phenoxy) is 1. The van der Waals surface area contributed by atoms with Gasteiger partial charge in [0.15, 0.2) is 11.2 Å². The van der Waals surface area contributed by atoms with Gasteiger partial charge in [0.25, 0.3) is 0 Å². The van der Waals surface area contributed by atoms with Crippen LogP contribution in [0.2, 0.25) is 0 Å². The lowest BCUT2D eigenvalue weighted by Crippen LogP contribution is -2.85. The first-order valence-electron chi connectivity index (χ1n) is 15.5. The molecule has 6 aliphatic rings. The van der Waals surface area contributed by atoms with Gasteiger partial charge in [0.1, 0.15) is 45.5 Å². The number of carbonyl (C=O) groups is 1. The van der Waals surface area contributed by atoms with Crippen molar-refractivity contribution in [3.05, 3.63) is 64.8 Å². The predicted molar refractivity (Wildman–Crippen MR) is 164 cm³/mol. The van der Waals surface area contributed by atoms with Gasteiger partial charge >= 0.3 is 0 Å². The Morgan fingerprint density at radius 2 is 1.59 bits per heavy atom. The summed E-state index contributed by atoms with van der Waals surface area (Å²) in [4.78, 5) is 25.4. The van der Waals surface area contributed by atoms with Gasteiger partial charge in [-0.05, 0) is 66.9 Å². The van der Waals surface area contributed by atoms with Crippen molar-refractivity contribution < 1.29 is 49.7 Å². The van der Waals surface area contributed by atoms with E-state index in [0.29, 0.717) is 30.4 Å². The molecule has 0 radical (unpaired) electrons. The number of hydrogen-bond donors (Lipinski definition) is 7. The molecule has 4 aliphatic carbocycles. The highest BCUT2D eigenvalue weighted by Gasteiger charge is 2.86. The molecule has 2 aliphatic heterocycles. The van der Waals surface area contributed by atoms with Crippen molar-refractivity contribution in [1.29, 1.82) is 0 Å². The van der Waals surface area contributed by atoms with Crippen LogP contribution in [0.3, 0.4) is 0 Å². The van der Waals surface area contributed by atoms with Crippen LogP contribution in [0.4, 0.5) is 0 Å². The molecule has 2 spiro atoms. The number of rotatable bonds is 1. The van der Waals surface area contributed by atoms with Crippen LogP contribution in [-0.4, -0.2) is 72.2 Å². The van der Waals surface area contributed by atoms with Gasteiger partial charge in [0, 0.05) is 41.0 Å². The molecule has 9 atom stereocenters. The summed E-state index contributed by atoms with van der Waals surface area (Å²) in [6.07, 6.45) is -0.747.